The number of aryl methyl sites for hydroxylation is 2. The monoisotopic (exact) mass is 1380 g/mol. The summed E-state index contributed by atoms with van der Waals surface area (Å²) in [5.74, 6) is -1.51. The largest absolute Gasteiger partial charge is 0.384 e. The smallest absolute Gasteiger partial charge is 0.269 e. The van der Waals surface area contributed by atoms with Crippen LogP contribution in [0.1, 0.15) is 66.3 Å². The second-order valence-electron chi connectivity index (χ2n) is 22.1. The first kappa shape index (κ1) is 67.7. The van der Waals surface area contributed by atoms with E-state index >= 15 is 0 Å². The van der Waals surface area contributed by atoms with Crippen molar-refractivity contribution in [2.45, 2.75) is 54.7 Å². The van der Waals surface area contributed by atoms with Crippen LogP contribution in [0.4, 0.5) is 23.4 Å². The van der Waals surface area contributed by atoms with Crippen LogP contribution >= 0.6 is 23.2 Å². The summed E-state index contributed by atoms with van der Waals surface area (Å²) >= 11 is 11.5. The molecule has 0 aliphatic heterocycles. The normalized spacial score (nSPS) is 11.3. The number of hydrogen-bond donors (Lipinski definition) is 2. The number of rotatable bonds is 17. The lowest BCUT2D eigenvalue weighted by Gasteiger charge is -2.06. The van der Waals surface area contributed by atoms with E-state index < -0.39 is 37.5 Å². The molecule has 0 saturated heterocycles. The van der Waals surface area contributed by atoms with Gasteiger partial charge in [-0.05, 0) is 174 Å². The zero-order valence-corrected chi connectivity index (χ0v) is 54.5. The van der Waals surface area contributed by atoms with Crippen molar-refractivity contribution in [3.8, 4) is 0 Å². The molecular weight excluding hydrogens is 1320 g/mol. The Morgan fingerprint density at radius 3 is 1.34 bits per heavy atom. The number of fused-ring (bicyclic) bond motifs is 3. The number of nitrogens with two attached hydrogens (primary N) is 1. The second kappa shape index (κ2) is 30.8. The molecule has 0 aliphatic carbocycles. The number of halogens is 6. The number of H-pyrrole nitrogens is 1. The molecule has 3 N–H and O–H groups in total. The highest BCUT2D eigenvalue weighted by molar-refractivity contribution is 7.90. The minimum Gasteiger partial charge on any atom is -0.384 e. The van der Waals surface area contributed by atoms with Crippen molar-refractivity contribution < 1.29 is 39.2 Å². The third-order valence-corrected chi connectivity index (χ3v) is 19.7. The Morgan fingerprint density at radius 2 is 0.876 bits per heavy atom. The van der Waals surface area contributed by atoms with E-state index in [1.807, 2.05) is 54.9 Å². The van der Waals surface area contributed by atoms with E-state index in [-0.39, 0.29) is 38.2 Å². The Morgan fingerprint density at radius 1 is 0.433 bits per heavy atom. The molecule has 0 saturated carbocycles. The molecule has 15 nitrogen and oxygen atoms in total. The molecule has 5 aromatic carbocycles. The van der Waals surface area contributed by atoms with E-state index in [1.54, 1.807) is 134 Å². The summed E-state index contributed by atoms with van der Waals surface area (Å²) in [6.07, 6.45) is 19.4. The zero-order valence-electron chi connectivity index (χ0n) is 51.4. The Hall–Kier alpha value is -10.7. The molecule has 0 radical (unpaired) electrons. The van der Waals surface area contributed by atoms with Crippen LogP contribution in [0.15, 0.2) is 254 Å². The first-order chi connectivity index (χ1) is 46.9. The third kappa shape index (κ3) is 16.2. The zero-order chi connectivity index (χ0) is 68.1. The predicted octanol–water partition coefficient (Wildman–Crippen LogP) is 15.6. The maximum atomic E-state index is 13.9. The van der Waals surface area contributed by atoms with E-state index in [2.05, 4.69) is 47.0 Å². The van der Waals surface area contributed by atoms with Gasteiger partial charge in [-0.1, -0.05) is 96.0 Å². The van der Waals surface area contributed by atoms with Crippen LogP contribution in [0.2, 0.25) is 10.0 Å². The highest BCUT2D eigenvalue weighted by atomic mass is 35.5. The van der Waals surface area contributed by atoms with Crippen molar-refractivity contribution in [1.82, 2.24) is 42.8 Å². The number of carbonyl (C=O) groups is 1. The molecule has 14 rings (SSSR count). The number of anilines is 1. The van der Waals surface area contributed by atoms with Gasteiger partial charge in [0, 0.05) is 119 Å². The molecule has 23 heteroatoms. The third-order valence-electron chi connectivity index (χ3n) is 15.7. The van der Waals surface area contributed by atoms with Gasteiger partial charge in [0.2, 0.25) is 0 Å². The van der Waals surface area contributed by atoms with Crippen LogP contribution in [-0.4, -0.2) is 66.0 Å². The molecule has 0 atom stereocenters. The number of nitrogens with one attached hydrogen (secondary N) is 1. The fourth-order valence-electron chi connectivity index (χ4n) is 10.7. The van der Waals surface area contributed by atoms with Crippen LogP contribution < -0.4 is 5.73 Å². The van der Waals surface area contributed by atoms with E-state index in [1.165, 1.54) is 56.0 Å². The first-order valence-corrected chi connectivity index (χ1v) is 33.8. The molecule has 14 aromatic rings. The number of aromatic nitrogens is 9. The minimum atomic E-state index is -3.81. The van der Waals surface area contributed by atoms with E-state index in [4.69, 9.17) is 28.9 Å². The van der Waals surface area contributed by atoms with Gasteiger partial charge in [0.1, 0.15) is 34.7 Å². The van der Waals surface area contributed by atoms with Gasteiger partial charge < -0.3 is 10.7 Å². The highest BCUT2D eigenvalue weighted by Gasteiger charge is 2.24. The predicted molar refractivity (Wildman–Crippen MR) is 369 cm³/mol. The summed E-state index contributed by atoms with van der Waals surface area (Å²) in [5.41, 5.74) is 15.3. The fraction of sp³-hybridized carbons (Fsp3) is 0.0946. The maximum Gasteiger partial charge on any atom is 0.269 e. The quantitative estimate of drug-likeness (QED) is 0.0643. The minimum absolute atomic E-state index is 0.0540. The van der Waals surface area contributed by atoms with Gasteiger partial charge >= 0.3 is 0 Å². The van der Waals surface area contributed by atoms with Gasteiger partial charge in [0.25, 0.3) is 20.0 Å². The van der Waals surface area contributed by atoms with Crippen molar-refractivity contribution in [2.75, 3.05) is 5.73 Å². The number of aldehydes is 1. The average Bonchev–Trinajstić information content (AvgIpc) is 1.64. The summed E-state index contributed by atoms with van der Waals surface area (Å²) in [5, 5.41) is 3.28. The average molecular weight is 1380 g/mol. The summed E-state index contributed by atoms with van der Waals surface area (Å²) < 4.78 is 109. The summed E-state index contributed by atoms with van der Waals surface area (Å²) in [6, 6.07) is 52.0. The van der Waals surface area contributed by atoms with Crippen molar-refractivity contribution in [2.24, 2.45) is 0 Å². The van der Waals surface area contributed by atoms with Crippen LogP contribution in [0.25, 0.3) is 33.1 Å². The topological polar surface area (TPSA) is 214 Å². The van der Waals surface area contributed by atoms with Crippen LogP contribution in [-0.2, 0) is 65.0 Å². The number of nitrogens with zero attached hydrogens (tertiary/aromatic N) is 8. The molecule has 9 aromatic heterocycles. The van der Waals surface area contributed by atoms with Gasteiger partial charge in [-0.25, -0.2) is 62.3 Å². The van der Waals surface area contributed by atoms with Crippen LogP contribution in [0.5, 0.6) is 0 Å². The number of nitrogen functional groups attached to an aromatic ring is 1. The van der Waals surface area contributed by atoms with Gasteiger partial charge in [0.05, 0.1) is 20.4 Å². The van der Waals surface area contributed by atoms with E-state index in [9.17, 15) is 39.2 Å². The lowest BCUT2D eigenvalue weighted by atomic mass is 10.0. The number of carbonyl (C=O) groups excluding carboxylic acids is 1. The van der Waals surface area contributed by atoms with Crippen molar-refractivity contribution in [1.29, 1.82) is 0 Å². The van der Waals surface area contributed by atoms with Gasteiger partial charge in [-0.2, -0.15) is 0 Å². The van der Waals surface area contributed by atoms with Gasteiger partial charge in [0.15, 0.2) is 17.6 Å². The summed E-state index contributed by atoms with van der Waals surface area (Å²) in [7, 11) is -7.53. The first-order valence-electron chi connectivity index (χ1n) is 30.2. The van der Waals surface area contributed by atoms with Crippen molar-refractivity contribution >= 4 is 88.5 Å². The Kier molecular flexibility index (Phi) is 21.5. The number of benzene rings is 5. The standard InChI is InChI=1S/C27H21F2N3O2S.C21H17ClFN3.C19H16N4O2S.C7H4ClFO/c28-25-9-4-10-26(29)24(25)14-13-21-12-11-19(17-31-21)16-20-18-32(27-23(20)8-5-15-30-27)35(33,34)22-6-2-1-3-7-22;22-19-4-1-5-20(23)18(19)9-8-16-7-6-14(12-25-16)11-15-13-26-21-17(15)3-2-10-24-21;20-18-9-8-14(12-22-18)11-15-13-23(19-17(15)7-4-10-21-19)26(24,25)16-5-2-1-3-6-16;8-6-2-1-3-7(9)5(6)4-10/h1-12,15,17-18H,13-14,16H2;1-7,10,12-13H,8-9,11H2,(H,24,26);1-10,12-13H,11H2,(H2,20,22);1-4H. The fourth-order valence-corrected chi connectivity index (χ4v) is 13.9. The van der Waals surface area contributed by atoms with Crippen molar-refractivity contribution in [3.05, 3.63) is 339 Å². The number of pyridine rings is 6. The molecule has 0 bridgehead atoms. The summed E-state index contributed by atoms with van der Waals surface area (Å²) in [4.78, 5) is 39.7. The van der Waals surface area contributed by atoms with Crippen LogP contribution in [0, 0.1) is 23.3 Å². The molecule has 9 heterocycles. The SMILES string of the molecule is Fc1cccc(Cl)c1CCc1ccc(Cc2c[nH]c3ncccc23)cn1.Nc1ccc(Cc2cn(S(=O)(=O)c3ccccc3)c3ncccc23)cn1.O=Cc1c(F)cccc1Cl.O=S(=O)(c1ccccc1)n1cc(Cc2ccc(CCc3c(F)cccc3F)nc2)c2cccnc21. The molecule has 0 unspecified atom stereocenters. The lowest BCUT2D eigenvalue weighted by Crippen LogP contribution is -2.12. The molecule has 488 valence electrons. The molecule has 0 amide bonds. The van der Waals surface area contributed by atoms with Gasteiger partial charge in [-0.15, -0.1) is 0 Å². The Balaban J connectivity index is 0.000000139. The van der Waals surface area contributed by atoms with E-state index in [0.29, 0.717) is 71.8 Å². The lowest BCUT2D eigenvalue weighted by molar-refractivity contribution is 0.112. The Bertz CT molecular complexity index is 5240. The van der Waals surface area contributed by atoms with Crippen LogP contribution in [0.3, 0.4) is 0 Å². The molecule has 97 heavy (non-hydrogen) atoms. The molecule has 0 fully saturated rings. The molecular formula is C74H58Cl2F4N10O5S2. The number of hydrogen-bond acceptors (Lipinski definition) is 12. The molecule has 0 spiro atoms. The van der Waals surface area contributed by atoms with Gasteiger partial charge in [-0.3, -0.25) is 14.8 Å². The highest BCUT2D eigenvalue weighted by Crippen LogP contribution is 2.30. The summed E-state index contributed by atoms with van der Waals surface area (Å²) in [6.45, 7) is 0. The number of aromatic amines is 1. The second-order valence-corrected chi connectivity index (χ2v) is 26.5. The van der Waals surface area contributed by atoms with Crippen molar-refractivity contribution in [3.63, 3.8) is 0 Å². The molecule has 0 aliphatic rings. The maximum absolute atomic E-state index is 13.9. The Labute approximate surface area is 566 Å². The van der Waals surface area contributed by atoms with E-state index in [0.717, 1.165) is 61.7 Å².